The average Bonchev–Trinajstić information content (AvgIpc) is 2.27. The summed E-state index contributed by atoms with van der Waals surface area (Å²) in [5.41, 5.74) is 0. The van der Waals surface area contributed by atoms with E-state index in [9.17, 15) is 9.59 Å². The first-order chi connectivity index (χ1) is 8.42. The van der Waals surface area contributed by atoms with Gasteiger partial charge in [-0.1, -0.05) is 19.8 Å². The molecule has 1 N–H and O–H groups in total. The first-order valence-corrected chi connectivity index (χ1v) is 6.49. The van der Waals surface area contributed by atoms with Crippen LogP contribution in [0.15, 0.2) is 0 Å². The molecule has 0 bridgehead atoms. The Balaban J connectivity index is 4.40. The molecule has 0 aliphatic rings. The van der Waals surface area contributed by atoms with Crippen molar-refractivity contribution in [3.63, 3.8) is 0 Å². The van der Waals surface area contributed by atoms with Gasteiger partial charge < -0.3 is 10.1 Å². The van der Waals surface area contributed by atoms with Gasteiger partial charge in [0.1, 0.15) is 6.04 Å². The van der Waals surface area contributed by atoms with Gasteiger partial charge in [-0.2, -0.15) is 0 Å². The maximum Gasteiger partial charge on any atom is 0.323 e. The Morgan fingerprint density at radius 2 is 1.94 bits per heavy atom. The smallest absolute Gasteiger partial charge is 0.323 e. The van der Waals surface area contributed by atoms with Gasteiger partial charge in [-0.15, -0.1) is 0 Å². The fourth-order valence-electron chi connectivity index (χ4n) is 1.76. The second-order valence-corrected chi connectivity index (χ2v) is 4.82. The average molecular weight is 258 g/mol. The van der Waals surface area contributed by atoms with Crippen LogP contribution in [0.2, 0.25) is 0 Å². The summed E-state index contributed by atoms with van der Waals surface area (Å²) in [6.07, 6.45) is 2.67. The molecule has 0 saturated heterocycles. The fourth-order valence-corrected chi connectivity index (χ4v) is 1.76. The number of nitrogens with one attached hydrogen (secondary N) is 1. The van der Waals surface area contributed by atoms with Crippen LogP contribution in [-0.4, -0.2) is 49.6 Å². The van der Waals surface area contributed by atoms with E-state index < -0.39 is 0 Å². The molecular formula is C13H26N2O3. The molecule has 18 heavy (non-hydrogen) atoms. The molecule has 1 atom stereocenters. The Morgan fingerprint density at radius 1 is 1.33 bits per heavy atom. The summed E-state index contributed by atoms with van der Waals surface area (Å²) in [5, 5.41) is 2.81. The minimum absolute atomic E-state index is 0.0714. The number of amides is 1. The molecule has 0 aliphatic carbocycles. The standard InChI is InChI=1S/C13H26N2O3/c1-6-7-8-11(13(17)18-5)15(4)9-12(16)14-10(2)3/h10-11H,6-9H2,1-5H3,(H,14,16). The van der Waals surface area contributed by atoms with Crippen LogP contribution in [0.1, 0.15) is 40.0 Å². The van der Waals surface area contributed by atoms with Gasteiger partial charge in [0.2, 0.25) is 5.91 Å². The molecule has 0 fully saturated rings. The van der Waals surface area contributed by atoms with Crippen molar-refractivity contribution < 1.29 is 14.3 Å². The lowest BCUT2D eigenvalue weighted by Crippen LogP contribution is -2.46. The number of hydrogen-bond acceptors (Lipinski definition) is 4. The van der Waals surface area contributed by atoms with Gasteiger partial charge in [0.15, 0.2) is 0 Å². The third kappa shape index (κ3) is 6.59. The molecule has 0 aromatic heterocycles. The Labute approximate surface area is 110 Å². The van der Waals surface area contributed by atoms with Gasteiger partial charge in [-0.25, -0.2) is 0 Å². The lowest BCUT2D eigenvalue weighted by atomic mass is 10.1. The van der Waals surface area contributed by atoms with Gasteiger partial charge in [0, 0.05) is 6.04 Å². The summed E-state index contributed by atoms with van der Waals surface area (Å²) in [5.74, 6) is -0.346. The zero-order valence-electron chi connectivity index (χ0n) is 12.2. The van der Waals surface area contributed by atoms with E-state index in [1.807, 2.05) is 13.8 Å². The Bertz CT molecular complexity index is 267. The minimum atomic E-state index is -0.340. The van der Waals surface area contributed by atoms with Crippen molar-refractivity contribution in [2.75, 3.05) is 20.7 Å². The number of carbonyl (C=O) groups is 2. The predicted octanol–water partition coefficient (Wildman–Crippen LogP) is 1.17. The fraction of sp³-hybridized carbons (Fsp3) is 0.846. The number of likely N-dealkylation sites (N-methyl/N-ethyl adjacent to an activating group) is 1. The number of ether oxygens (including phenoxy) is 1. The van der Waals surface area contributed by atoms with E-state index >= 15 is 0 Å². The summed E-state index contributed by atoms with van der Waals surface area (Å²) in [6.45, 7) is 6.10. The van der Waals surface area contributed by atoms with Crippen LogP contribution in [0.5, 0.6) is 0 Å². The van der Waals surface area contributed by atoms with Gasteiger partial charge >= 0.3 is 5.97 Å². The van der Waals surface area contributed by atoms with Crippen LogP contribution in [0.3, 0.4) is 0 Å². The summed E-state index contributed by atoms with van der Waals surface area (Å²) in [7, 11) is 3.15. The Hall–Kier alpha value is -1.10. The molecule has 0 aromatic rings. The number of esters is 1. The third-order valence-corrected chi connectivity index (χ3v) is 2.68. The van der Waals surface area contributed by atoms with Crippen molar-refractivity contribution in [2.45, 2.75) is 52.1 Å². The van der Waals surface area contributed by atoms with E-state index in [1.165, 1.54) is 7.11 Å². The molecule has 0 saturated carbocycles. The first kappa shape index (κ1) is 16.9. The van der Waals surface area contributed by atoms with Gasteiger partial charge in [-0.05, 0) is 27.3 Å². The summed E-state index contributed by atoms with van der Waals surface area (Å²) >= 11 is 0. The van der Waals surface area contributed by atoms with Gasteiger partial charge in [-0.3, -0.25) is 14.5 Å². The predicted molar refractivity (Wildman–Crippen MR) is 71.2 cm³/mol. The van der Waals surface area contributed by atoms with Crippen molar-refractivity contribution in [2.24, 2.45) is 0 Å². The molecule has 0 heterocycles. The van der Waals surface area contributed by atoms with E-state index in [0.717, 1.165) is 12.8 Å². The van der Waals surface area contributed by atoms with Crippen LogP contribution < -0.4 is 5.32 Å². The highest BCUT2D eigenvalue weighted by molar-refractivity contribution is 5.80. The van der Waals surface area contributed by atoms with E-state index in [1.54, 1.807) is 11.9 Å². The highest BCUT2D eigenvalue weighted by atomic mass is 16.5. The molecular weight excluding hydrogens is 232 g/mol. The normalized spacial score (nSPS) is 12.6. The topological polar surface area (TPSA) is 58.6 Å². The van der Waals surface area contributed by atoms with Gasteiger partial charge in [0.25, 0.3) is 0 Å². The van der Waals surface area contributed by atoms with Crippen LogP contribution in [0, 0.1) is 0 Å². The summed E-state index contributed by atoms with van der Waals surface area (Å²) in [4.78, 5) is 25.1. The van der Waals surface area contributed by atoms with E-state index in [0.29, 0.717) is 6.42 Å². The lowest BCUT2D eigenvalue weighted by Gasteiger charge is -2.25. The second-order valence-electron chi connectivity index (χ2n) is 4.82. The minimum Gasteiger partial charge on any atom is -0.468 e. The van der Waals surface area contributed by atoms with E-state index in [-0.39, 0.29) is 30.5 Å². The maximum absolute atomic E-state index is 11.7. The molecule has 1 amide bonds. The summed E-state index contributed by atoms with van der Waals surface area (Å²) in [6, 6.07) is -0.231. The molecule has 0 spiro atoms. The number of methoxy groups -OCH3 is 1. The van der Waals surface area contributed by atoms with Crippen LogP contribution in [0.25, 0.3) is 0 Å². The SMILES string of the molecule is CCCCC(C(=O)OC)N(C)CC(=O)NC(C)C. The number of carbonyl (C=O) groups excluding carboxylic acids is 2. The molecule has 0 aromatic carbocycles. The maximum atomic E-state index is 11.7. The molecule has 0 rings (SSSR count). The number of rotatable bonds is 8. The molecule has 0 radical (unpaired) electrons. The zero-order chi connectivity index (χ0) is 14.1. The Kier molecular flexibility index (Phi) is 8.37. The van der Waals surface area contributed by atoms with Crippen molar-refractivity contribution in [1.82, 2.24) is 10.2 Å². The number of nitrogens with zero attached hydrogens (tertiary/aromatic N) is 1. The molecule has 106 valence electrons. The number of unbranched alkanes of at least 4 members (excludes halogenated alkanes) is 1. The molecule has 5 nitrogen and oxygen atoms in total. The van der Waals surface area contributed by atoms with Crippen LogP contribution in [0.4, 0.5) is 0 Å². The van der Waals surface area contributed by atoms with Crippen molar-refractivity contribution in [1.29, 1.82) is 0 Å². The van der Waals surface area contributed by atoms with Crippen LogP contribution in [-0.2, 0) is 14.3 Å². The van der Waals surface area contributed by atoms with E-state index in [2.05, 4.69) is 12.2 Å². The second kappa shape index (κ2) is 8.91. The largest absolute Gasteiger partial charge is 0.468 e. The Morgan fingerprint density at radius 3 is 2.39 bits per heavy atom. The molecule has 1 unspecified atom stereocenters. The van der Waals surface area contributed by atoms with Crippen molar-refractivity contribution in [3.05, 3.63) is 0 Å². The van der Waals surface area contributed by atoms with Crippen molar-refractivity contribution in [3.8, 4) is 0 Å². The highest BCUT2D eigenvalue weighted by Gasteiger charge is 2.24. The van der Waals surface area contributed by atoms with Gasteiger partial charge in [0.05, 0.1) is 13.7 Å². The van der Waals surface area contributed by atoms with E-state index in [4.69, 9.17) is 4.74 Å². The van der Waals surface area contributed by atoms with Crippen molar-refractivity contribution >= 4 is 11.9 Å². The van der Waals surface area contributed by atoms with Crippen LogP contribution >= 0.6 is 0 Å². The zero-order valence-corrected chi connectivity index (χ0v) is 12.2. The molecule has 5 heteroatoms. The lowest BCUT2D eigenvalue weighted by molar-refractivity contribution is -0.147. The quantitative estimate of drug-likeness (QED) is 0.664. The summed E-state index contributed by atoms with van der Waals surface area (Å²) < 4.78 is 4.78. The third-order valence-electron chi connectivity index (χ3n) is 2.68. The number of hydrogen-bond donors (Lipinski definition) is 1. The molecule has 0 aliphatic heterocycles. The first-order valence-electron chi connectivity index (χ1n) is 6.49. The monoisotopic (exact) mass is 258 g/mol. The highest BCUT2D eigenvalue weighted by Crippen LogP contribution is 2.08.